The molecule has 0 bridgehead atoms. The number of anilines is 1. The number of imide groups is 1. The molecule has 8 heteroatoms. The lowest BCUT2D eigenvalue weighted by Gasteiger charge is -2.07. The predicted molar refractivity (Wildman–Crippen MR) is 73.1 cm³/mol. The Bertz CT molecular complexity index is 560. The Labute approximate surface area is 121 Å². The number of nitrogens with one attached hydrogen (secondary N) is 2. The lowest BCUT2D eigenvalue weighted by molar-refractivity contribution is -0.131. The summed E-state index contributed by atoms with van der Waals surface area (Å²) in [6.45, 7) is 0. The first kappa shape index (κ1) is 15.2. The Kier molecular flexibility index (Phi) is 5.53. The lowest BCUT2D eigenvalue weighted by Crippen LogP contribution is -2.33. The molecule has 100 valence electrons. The van der Waals surface area contributed by atoms with E-state index in [0.717, 1.165) is 6.08 Å². The molecule has 0 atom stereocenters. The van der Waals surface area contributed by atoms with Crippen molar-refractivity contribution in [2.45, 2.75) is 0 Å². The fourth-order valence-electron chi connectivity index (χ4n) is 1.04. The molecule has 1 rings (SSSR count). The molecular weight excluding hydrogens is 339 g/mol. The van der Waals surface area contributed by atoms with Crippen LogP contribution in [0.3, 0.4) is 0 Å². The summed E-state index contributed by atoms with van der Waals surface area (Å²) in [5.41, 5.74) is 0.414. The number of carbonyl (C=O) groups is 3. The van der Waals surface area contributed by atoms with Gasteiger partial charge >= 0.3 is 12.0 Å². The molecule has 0 saturated carbocycles. The van der Waals surface area contributed by atoms with E-state index in [1.54, 1.807) is 18.2 Å². The Morgan fingerprint density at radius 2 is 1.95 bits per heavy atom. The minimum absolute atomic E-state index is 0.414. The van der Waals surface area contributed by atoms with Gasteiger partial charge in [0.15, 0.2) is 0 Å². The summed E-state index contributed by atoms with van der Waals surface area (Å²) in [6, 6.07) is 3.89. The number of hydrogen-bond donors (Lipinski definition) is 3. The number of hydrogen-bond acceptors (Lipinski definition) is 3. The van der Waals surface area contributed by atoms with Crippen molar-refractivity contribution in [3.8, 4) is 0 Å². The number of carboxylic acids is 1. The smallest absolute Gasteiger partial charge is 0.328 e. The lowest BCUT2D eigenvalue weighted by atomic mass is 10.3. The van der Waals surface area contributed by atoms with Gasteiger partial charge in [0, 0.05) is 21.6 Å². The molecule has 0 fully saturated rings. The SMILES string of the molecule is O=C(O)/C=C/C(=O)NC(=O)Nc1ccc(Cl)cc1Br. The first-order valence-corrected chi connectivity index (χ1v) is 6.03. The highest BCUT2D eigenvalue weighted by molar-refractivity contribution is 9.10. The summed E-state index contributed by atoms with van der Waals surface area (Å²) in [5.74, 6) is -2.12. The molecule has 0 heterocycles. The number of benzene rings is 1. The number of amides is 3. The molecular formula is C11H8BrClN2O4. The van der Waals surface area contributed by atoms with Gasteiger partial charge in [-0.05, 0) is 34.1 Å². The average Bonchev–Trinajstić information content (AvgIpc) is 2.30. The van der Waals surface area contributed by atoms with E-state index < -0.39 is 17.9 Å². The molecule has 0 unspecified atom stereocenters. The highest BCUT2D eigenvalue weighted by Gasteiger charge is 2.08. The van der Waals surface area contributed by atoms with Crippen LogP contribution in [0.4, 0.5) is 10.5 Å². The Balaban J connectivity index is 2.60. The van der Waals surface area contributed by atoms with Crippen molar-refractivity contribution in [3.63, 3.8) is 0 Å². The molecule has 3 amide bonds. The van der Waals surface area contributed by atoms with E-state index in [9.17, 15) is 14.4 Å². The average molecular weight is 348 g/mol. The third-order valence-electron chi connectivity index (χ3n) is 1.79. The van der Waals surface area contributed by atoms with Crippen molar-refractivity contribution in [2.75, 3.05) is 5.32 Å². The zero-order valence-corrected chi connectivity index (χ0v) is 11.7. The highest BCUT2D eigenvalue weighted by Crippen LogP contribution is 2.25. The topological polar surface area (TPSA) is 95.5 Å². The van der Waals surface area contributed by atoms with Crippen molar-refractivity contribution in [2.24, 2.45) is 0 Å². The van der Waals surface area contributed by atoms with Crippen LogP contribution in [0, 0.1) is 0 Å². The summed E-state index contributed by atoms with van der Waals surface area (Å²) in [5, 5.41) is 13.1. The summed E-state index contributed by atoms with van der Waals surface area (Å²) in [4.78, 5) is 32.7. The third-order valence-corrected chi connectivity index (χ3v) is 2.68. The summed E-state index contributed by atoms with van der Waals surface area (Å²) in [6.07, 6.45) is 1.36. The number of carbonyl (C=O) groups excluding carboxylic acids is 2. The number of carboxylic acid groups (broad SMARTS) is 1. The maximum absolute atomic E-state index is 11.4. The maximum atomic E-state index is 11.4. The van der Waals surface area contributed by atoms with Crippen LogP contribution in [0.15, 0.2) is 34.8 Å². The molecule has 1 aromatic rings. The fourth-order valence-corrected chi connectivity index (χ4v) is 1.83. The second kappa shape index (κ2) is 6.91. The highest BCUT2D eigenvalue weighted by atomic mass is 79.9. The van der Waals surface area contributed by atoms with Gasteiger partial charge in [0.25, 0.3) is 5.91 Å². The van der Waals surface area contributed by atoms with Gasteiger partial charge in [-0.1, -0.05) is 11.6 Å². The van der Waals surface area contributed by atoms with Crippen molar-refractivity contribution in [3.05, 3.63) is 39.8 Å². The van der Waals surface area contributed by atoms with Crippen LogP contribution in [-0.4, -0.2) is 23.0 Å². The van der Waals surface area contributed by atoms with Crippen molar-refractivity contribution >= 4 is 51.1 Å². The monoisotopic (exact) mass is 346 g/mol. The molecule has 0 radical (unpaired) electrons. The zero-order valence-electron chi connectivity index (χ0n) is 9.31. The normalized spacial score (nSPS) is 10.2. The van der Waals surface area contributed by atoms with Crippen molar-refractivity contribution in [1.29, 1.82) is 0 Å². The second-order valence-electron chi connectivity index (χ2n) is 3.24. The third kappa shape index (κ3) is 5.54. The van der Waals surface area contributed by atoms with E-state index in [2.05, 4.69) is 21.2 Å². The van der Waals surface area contributed by atoms with Crippen LogP contribution >= 0.6 is 27.5 Å². The van der Waals surface area contributed by atoms with Crippen LogP contribution < -0.4 is 10.6 Å². The molecule has 1 aromatic carbocycles. The molecule has 0 saturated heterocycles. The standard InChI is InChI=1S/C11H8BrClN2O4/c12-7-5-6(13)1-2-8(7)14-11(19)15-9(16)3-4-10(17)18/h1-5H,(H,17,18)(H2,14,15,16,19)/b4-3+. The fraction of sp³-hybridized carbons (Fsp3) is 0. The summed E-state index contributed by atoms with van der Waals surface area (Å²) < 4.78 is 0.545. The predicted octanol–water partition coefficient (Wildman–Crippen LogP) is 2.39. The molecule has 0 aromatic heterocycles. The van der Waals surface area contributed by atoms with Gasteiger partial charge in [0.1, 0.15) is 0 Å². The van der Waals surface area contributed by atoms with E-state index in [1.807, 2.05) is 5.32 Å². The molecule has 0 spiro atoms. The Morgan fingerprint density at radius 1 is 1.26 bits per heavy atom. The van der Waals surface area contributed by atoms with Crippen LogP contribution in [0.25, 0.3) is 0 Å². The van der Waals surface area contributed by atoms with Crippen LogP contribution in [-0.2, 0) is 9.59 Å². The molecule has 0 aliphatic carbocycles. The molecule has 0 aliphatic rings. The first-order chi connectivity index (χ1) is 8.88. The minimum atomic E-state index is -1.28. The van der Waals surface area contributed by atoms with Gasteiger partial charge in [0.05, 0.1) is 5.69 Å². The van der Waals surface area contributed by atoms with E-state index in [0.29, 0.717) is 21.3 Å². The van der Waals surface area contributed by atoms with Gasteiger partial charge in [-0.3, -0.25) is 10.1 Å². The Hall–Kier alpha value is -1.86. The zero-order chi connectivity index (χ0) is 14.4. The number of rotatable bonds is 3. The Morgan fingerprint density at radius 3 is 2.53 bits per heavy atom. The van der Waals surface area contributed by atoms with Crippen LogP contribution in [0.2, 0.25) is 5.02 Å². The summed E-state index contributed by atoms with van der Waals surface area (Å²) in [7, 11) is 0. The van der Waals surface area contributed by atoms with E-state index in [1.165, 1.54) is 0 Å². The number of aliphatic carboxylic acids is 1. The van der Waals surface area contributed by atoms with E-state index in [-0.39, 0.29) is 0 Å². The minimum Gasteiger partial charge on any atom is -0.478 e. The molecule has 6 nitrogen and oxygen atoms in total. The van der Waals surface area contributed by atoms with Gasteiger partial charge in [-0.2, -0.15) is 0 Å². The first-order valence-electron chi connectivity index (χ1n) is 4.86. The maximum Gasteiger partial charge on any atom is 0.328 e. The largest absolute Gasteiger partial charge is 0.478 e. The van der Waals surface area contributed by atoms with Gasteiger partial charge in [-0.15, -0.1) is 0 Å². The van der Waals surface area contributed by atoms with Crippen LogP contribution in [0.1, 0.15) is 0 Å². The van der Waals surface area contributed by atoms with E-state index >= 15 is 0 Å². The van der Waals surface area contributed by atoms with Gasteiger partial charge < -0.3 is 10.4 Å². The number of urea groups is 1. The molecule has 0 aliphatic heterocycles. The van der Waals surface area contributed by atoms with Crippen LogP contribution in [0.5, 0.6) is 0 Å². The molecule has 19 heavy (non-hydrogen) atoms. The number of halogens is 2. The second-order valence-corrected chi connectivity index (χ2v) is 4.53. The van der Waals surface area contributed by atoms with Crippen molar-refractivity contribution < 1.29 is 19.5 Å². The molecule has 3 N–H and O–H groups in total. The quantitative estimate of drug-likeness (QED) is 0.732. The van der Waals surface area contributed by atoms with Crippen molar-refractivity contribution in [1.82, 2.24) is 5.32 Å². The van der Waals surface area contributed by atoms with E-state index in [4.69, 9.17) is 16.7 Å². The van der Waals surface area contributed by atoms with Gasteiger partial charge in [-0.25, -0.2) is 9.59 Å². The van der Waals surface area contributed by atoms with Gasteiger partial charge in [0.2, 0.25) is 0 Å². The summed E-state index contributed by atoms with van der Waals surface area (Å²) >= 11 is 8.92.